The molecule has 138 valence electrons. The van der Waals surface area contributed by atoms with Gasteiger partial charge in [-0.1, -0.05) is 25.4 Å². The smallest absolute Gasteiger partial charge is 0.255 e. The van der Waals surface area contributed by atoms with Crippen LogP contribution in [-0.2, 0) is 4.79 Å². The Kier molecular flexibility index (Phi) is 7.04. The van der Waals surface area contributed by atoms with E-state index in [-0.39, 0.29) is 17.7 Å². The molecule has 0 aliphatic heterocycles. The molecule has 0 saturated heterocycles. The number of carbonyl (C=O) groups is 2. The normalized spacial score (nSPS) is 10.5. The molecule has 0 atom stereocenters. The van der Waals surface area contributed by atoms with Gasteiger partial charge in [0.15, 0.2) is 0 Å². The van der Waals surface area contributed by atoms with Gasteiger partial charge in [-0.05, 0) is 55.3 Å². The first-order chi connectivity index (χ1) is 12.5. The van der Waals surface area contributed by atoms with Gasteiger partial charge in [-0.15, -0.1) is 0 Å². The predicted molar refractivity (Wildman–Crippen MR) is 105 cm³/mol. The third-order valence-corrected chi connectivity index (χ3v) is 4.42. The van der Waals surface area contributed by atoms with Crippen LogP contribution in [0.4, 0.5) is 11.4 Å². The Morgan fingerprint density at radius 3 is 2.27 bits per heavy atom. The second kappa shape index (κ2) is 9.25. The van der Waals surface area contributed by atoms with Gasteiger partial charge in [-0.3, -0.25) is 9.59 Å². The van der Waals surface area contributed by atoms with Gasteiger partial charge in [-0.25, -0.2) is 0 Å². The van der Waals surface area contributed by atoms with Gasteiger partial charge in [-0.2, -0.15) is 0 Å². The van der Waals surface area contributed by atoms with Crippen molar-refractivity contribution in [3.8, 4) is 5.75 Å². The number of hydrogen-bond donors (Lipinski definition) is 2. The van der Waals surface area contributed by atoms with Crippen LogP contribution in [0.2, 0.25) is 5.02 Å². The fourth-order valence-corrected chi connectivity index (χ4v) is 2.75. The Bertz CT molecular complexity index is 771. The summed E-state index contributed by atoms with van der Waals surface area (Å²) in [4.78, 5) is 24.6. The molecule has 0 unspecified atom stereocenters. The molecule has 2 amide bonds. The molecule has 2 aromatic carbocycles. The van der Waals surface area contributed by atoms with E-state index < -0.39 is 0 Å². The molecular weight excluding hydrogens is 352 g/mol. The van der Waals surface area contributed by atoms with Crippen LogP contribution in [0.25, 0.3) is 0 Å². The van der Waals surface area contributed by atoms with Crippen LogP contribution in [0.5, 0.6) is 5.75 Å². The molecule has 0 saturated carbocycles. The van der Waals surface area contributed by atoms with Crippen LogP contribution in [0.3, 0.4) is 0 Å². The highest BCUT2D eigenvalue weighted by Gasteiger charge is 2.15. The average molecular weight is 375 g/mol. The minimum absolute atomic E-state index is 0.00383. The number of ether oxygens (including phenoxy) is 1. The van der Waals surface area contributed by atoms with Gasteiger partial charge in [0.05, 0.1) is 12.8 Å². The zero-order chi connectivity index (χ0) is 19.1. The molecule has 2 rings (SSSR count). The largest absolute Gasteiger partial charge is 0.495 e. The fraction of sp³-hybridized carbons (Fsp3) is 0.300. The summed E-state index contributed by atoms with van der Waals surface area (Å²) in [6.07, 6.45) is 1.59. The highest BCUT2D eigenvalue weighted by atomic mass is 35.5. The predicted octanol–water partition coefficient (Wildman–Crippen LogP) is 4.98. The van der Waals surface area contributed by atoms with Crippen molar-refractivity contribution in [2.45, 2.75) is 26.7 Å². The van der Waals surface area contributed by atoms with Gasteiger partial charge in [0.25, 0.3) is 5.91 Å². The number of benzene rings is 2. The summed E-state index contributed by atoms with van der Waals surface area (Å²) in [6, 6.07) is 11.8. The topological polar surface area (TPSA) is 67.4 Å². The average Bonchev–Trinajstić information content (AvgIpc) is 2.63. The Morgan fingerprint density at radius 1 is 1.04 bits per heavy atom. The molecule has 2 aromatic rings. The second-order valence-electron chi connectivity index (χ2n) is 5.88. The molecule has 5 nitrogen and oxygen atoms in total. The molecule has 0 aliphatic rings. The van der Waals surface area contributed by atoms with Gasteiger partial charge >= 0.3 is 0 Å². The highest BCUT2D eigenvalue weighted by Crippen LogP contribution is 2.28. The quantitative estimate of drug-likeness (QED) is 0.718. The first kappa shape index (κ1) is 19.8. The Hall–Kier alpha value is -2.53. The zero-order valence-electron chi connectivity index (χ0n) is 15.1. The Labute approximate surface area is 158 Å². The number of hydrogen-bond acceptors (Lipinski definition) is 3. The van der Waals surface area contributed by atoms with E-state index in [0.717, 1.165) is 12.8 Å². The maximum absolute atomic E-state index is 12.4. The van der Waals surface area contributed by atoms with Crippen LogP contribution in [-0.4, -0.2) is 18.9 Å². The molecule has 6 heteroatoms. The zero-order valence-corrected chi connectivity index (χ0v) is 15.9. The van der Waals surface area contributed by atoms with Gasteiger partial charge in [0, 0.05) is 22.2 Å². The van der Waals surface area contributed by atoms with Gasteiger partial charge in [0.1, 0.15) is 5.75 Å². The minimum atomic E-state index is -0.288. The number of amides is 2. The number of methoxy groups -OCH3 is 1. The van der Waals surface area contributed by atoms with E-state index in [1.54, 1.807) is 42.5 Å². The summed E-state index contributed by atoms with van der Waals surface area (Å²) in [7, 11) is 1.52. The van der Waals surface area contributed by atoms with E-state index in [1.807, 2.05) is 13.8 Å². The lowest BCUT2D eigenvalue weighted by molar-refractivity contribution is -0.120. The minimum Gasteiger partial charge on any atom is -0.495 e. The molecule has 0 aliphatic carbocycles. The number of rotatable bonds is 7. The van der Waals surface area contributed by atoms with Crippen molar-refractivity contribution in [1.29, 1.82) is 0 Å². The van der Waals surface area contributed by atoms with Crippen LogP contribution in [0.1, 0.15) is 37.0 Å². The van der Waals surface area contributed by atoms with Gasteiger partial charge in [0.2, 0.25) is 5.91 Å². The molecule has 0 radical (unpaired) electrons. The first-order valence-corrected chi connectivity index (χ1v) is 8.92. The van der Waals surface area contributed by atoms with Crippen molar-refractivity contribution >= 4 is 34.8 Å². The maximum atomic E-state index is 12.4. The Morgan fingerprint density at radius 2 is 1.69 bits per heavy atom. The summed E-state index contributed by atoms with van der Waals surface area (Å²) < 4.78 is 5.22. The second-order valence-corrected chi connectivity index (χ2v) is 6.32. The summed E-state index contributed by atoms with van der Waals surface area (Å²) >= 11 is 5.97. The van der Waals surface area contributed by atoms with Crippen molar-refractivity contribution in [3.63, 3.8) is 0 Å². The van der Waals surface area contributed by atoms with Crippen molar-refractivity contribution in [2.75, 3.05) is 17.7 Å². The number of nitrogens with one attached hydrogen (secondary N) is 2. The molecule has 0 spiro atoms. The molecule has 26 heavy (non-hydrogen) atoms. The van der Waals surface area contributed by atoms with Crippen molar-refractivity contribution in [2.24, 2.45) is 5.92 Å². The van der Waals surface area contributed by atoms with E-state index in [0.29, 0.717) is 27.7 Å². The SMILES string of the molecule is CCC(CC)C(=O)Nc1ccc(C(=O)Nc2cc(Cl)ccc2OC)cc1. The van der Waals surface area contributed by atoms with Crippen LogP contribution < -0.4 is 15.4 Å². The molecule has 0 fully saturated rings. The van der Waals surface area contributed by atoms with E-state index in [9.17, 15) is 9.59 Å². The summed E-state index contributed by atoms with van der Waals surface area (Å²) in [5.41, 5.74) is 1.63. The van der Waals surface area contributed by atoms with Gasteiger partial charge < -0.3 is 15.4 Å². The van der Waals surface area contributed by atoms with E-state index in [4.69, 9.17) is 16.3 Å². The maximum Gasteiger partial charge on any atom is 0.255 e. The third-order valence-electron chi connectivity index (χ3n) is 4.18. The molecule has 2 N–H and O–H groups in total. The summed E-state index contributed by atoms with van der Waals surface area (Å²) in [6.45, 7) is 3.98. The number of carbonyl (C=O) groups excluding carboxylic acids is 2. The van der Waals surface area contributed by atoms with Crippen LogP contribution in [0.15, 0.2) is 42.5 Å². The lowest BCUT2D eigenvalue weighted by Crippen LogP contribution is -2.21. The number of anilines is 2. The van der Waals surface area contributed by atoms with Crippen LogP contribution >= 0.6 is 11.6 Å². The van der Waals surface area contributed by atoms with E-state index in [2.05, 4.69) is 10.6 Å². The first-order valence-electron chi connectivity index (χ1n) is 8.54. The monoisotopic (exact) mass is 374 g/mol. The molecule has 0 aromatic heterocycles. The molecular formula is C20H23ClN2O3. The molecule has 0 bridgehead atoms. The Balaban J connectivity index is 2.07. The van der Waals surface area contributed by atoms with Crippen molar-refractivity contribution in [1.82, 2.24) is 0 Å². The lowest BCUT2D eigenvalue weighted by atomic mass is 10.0. The third kappa shape index (κ3) is 4.99. The van der Waals surface area contributed by atoms with Crippen molar-refractivity contribution < 1.29 is 14.3 Å². The lowest BCUT2D eigenvalue weighted by Gasteiger charge is -2.13. The number of halogens is 1. The van der Waals surface area contributed by atoms with E-state index in [1.165, 1.54) is 7.11 Å². The summed E-state index contributed by atoms with van der Waals surface area (Å²) in [5.74, 6) is 0.226. The molecule has 0 heterocycles. The fourth-order valence-electron chi connectivity index (χ4n) is 2.58. The summed E-state index contributed by atoms with van der Waals surface area (Å²) in [5, 5.41) is 6.16. The van der Waals surface area contributed by atoms with Crippen LogP contribution in [0, 0.1) is 5.92 Å². The standard InChI is InChI=1S/C20H23ClN2O3/c1-4-13(5-2)19(24)22-16-9-6-14(7-10-16)20(25)23-17-12-15(21)8-11-18(17)26-3/h6-13H,4-5H2,1-3H3,(H,22,24)(H,23,25). The van der Waals surface area contributed by atoms with Crippen molar-refractivity contribution in [3.05, 3.63) is 53.1 Å². The van der Waals surface area contributed by atoms with E-state index >= 15 is 0 Å². The highest BCUT2D eigenvalue weighted by molar-refractivity contribution is 6.31.